The molecular weight excluding hydrogens is 244 g/mol. The number of carboxylic acids is 1. The molecule has 5 nitrogen and oxygen atoms in total. The third-order valence-electron chi connectivity index (χ3n) is 3.45. The Balaban J connectivity index is 1.96. The zero-order chi connectivity index (χ0) is 13.8. The molecule has 2 heterocycles. The monoisotopic (exact) mass is 262 g/mol. The van der Waals surface area contributed by atoms with E-state index in [-0.39, 0.29) is 5.91 Å². The Morgan fingerprint density at radius 3 is 2.89 bits per heavy atom. The van der Waals surface area contributed by atoms with Gasteiger partial charge in [-0.15, -0.1) is 0 Å². The third kappa shape index (κ3) is 3.53. The Hall–Kier alpha value is -1.91. The van der Waals surface area contributed by atoms with E-state index in [1.165, 1.54) is 0 Å². The van der Waals surface area contributed by atoms with Crippen LogP contribution in [0.3, 0.4) is 0 Å². The quantitative estimate of drug-likeness (QED) is 0.890. The molecule has 1 aliphatic heterocycles. The first-order chi connectivity index (χ1) is 9.06. The highest BCUT2D eigenvalue weighted by Gasteiger charge is 2.27. The standard InChI is InChI=1S/C14H18N2O3/c1-10-4-5-11(8-15-10)7-13(17)16-6-2-3-12(9-16)14(18)19/h4-5,8,12H,2-3,6-7,9H2,1H3,(H,18,19). The van der Waals surface area contributed by atoms with Crippen molar-refractivity contribution in [3.05, 3.63) is 29.6 Å². The smallest absolute Gasteiger partial charge is 0.308 e. The Labute approximate surface area is 112 Å². The SMILES string of the molecule is Cc1ccc(CC(=O)N2CCCC(C(=O)O)C2)cn1. The lowest BCUT2D eigenvalue weighted by Crippen LogP contribution is -2.43. The fourth-order valence-electron chi connectivity index (χ4n) is 2.29. The van der Waals surface area contributed by atoms with Crippen LogP contribution in [0.4, 0.5) is 0 Å². The maximum Gasteiger partial charge on any atom is 0.308 e. The number of hydrogen-bond donors (Lipinski definition) is 1. The second kappa shape index (κ2) is 5.82. The average molecular weight is 262 g/mol. The van der Waals surface area contributed by atoms with Crippen LogP contribution in [0.25, 0.3) is 0 Å². The number of carbonyl (C=O) groups excluding carboxylic acids is 1. The molecule has 1 amide bonds. The van der Waals surface area contributed by atoms with Crippen LogP contribution in [-0.2, 0) is 16.0 Å². The number of carbonyl (C=O) groups is 2. The molecule has 1 saturated heterocycles. The van der Waals surface area contributed by atoms with Crippen molar-refractivity contribution in [3.8, 4) is 0 Å². The van der Waals surface area contributed by atoms with Gasteiger partial charge in [-0.25, -0.2) is 0 Å². The van der Waals surface area contributed by atoms with Crippen LogP contribution >= 0.6 is 0 Å². The van der Waals surface area contributed by atoms with Crippen LogP contribution in [0, 0.1) is 12.8 Å². The molecule has 2 rings (SSSR count). The fourth-order valence-corrected chi connectivity index (χ4v) is 2.29. The lowest BCUT2D eigenvalue weighted by molar-refractivity contribution is -0.145. The lowest BCUT2D eigenvalue weighted by atomic mass is 9.98. The van der Waals surface area contributed by atoms with Gasteiger partial charge in [0.1, 0.15) is 0 Å². The molecule has 0 bridgehead atoms. The number of aryl methyl sites for hydroxylation is 1. The number of pyridine rings is 1. The van der Waals surface area contributed by atoms with E-state index >= 15 is 0 Å². The van der Waals surface area contributed by atoms with Gasteiger partial charge in [0.05, 0.1) is 12.3 Å². The second-order valence-electron chi connectivity index (χ2n) is 5.00. The van der Waals surface area contributed by atoms with Crippen LogP contribution < -0.4 is 0 Å². The summed E-state index contributed by atoms with van der Waals surface area (Å²) in [5.74, 6) is -1.25. The predicted octanol–water partition coefficient (Wildman–Crippen LogP) is 1.26. The van der Waals surface area contributed by atoms with Gasteiger partial charge in [0.15, 0.2) is 0 Å². The van der Waals surface area contributed by atoms with Crippen molar-refractivity contribution in [1.82, 2.24) is 9.88 Å². The van der Waals surface area contributed by atoms with Crippen LogP contribution in [0.5, 0.6) is 0 Å². The lowest BCUT2D eigenvalue weighted by Gasteiger charge is -2.30. The number of aliphatic carboxylic acids is 1. The summed E-state index contributed by atoms with van der Waals surface area (Å²) in [6.45, 7) is 2.88. The number of hydrogen-bond acceptors (Lipinski definition) is 3. The van der Waals surface area contributed by atoms with Gasteiger partial charge >= 0.3 is 5.97 Å². The van der Waals surface area contributed by atoms with E-state index in [1.807, 2.05) is 19.1 Å². The zero-order valence-corrected chi connectivity index (χ0v) is 11.0. The van der Waals surface area contributed by atoms with E-state index in [0.29, 0.717) is 25.9 Å². The van der Waals surface area contributed by atoms with Gasteiger partial charge in [-0.05, 0) is 31.4 Å². The summed E-state index contributed by atoms with van der Waals surface area (Å²) in [5, 5.41) is 9.01. The van der Waals surface area contributed by atoms with Crippen molar-refractivity contribution in [2.45, 2.75) is 26.2 Å². The molecule has 1 N–H and O–H groups in total. The molecule has 19 heavy (non-hydrogen) atoms. The first kappa shape index (κ1) is 13.5. The summed E-state index contributed by atoms with van der Waals surface area (Å²) in [5.41, 5.74) is 1.79. The van der Waals surface area contributed by atoms with Gasteiger partial charge in [0, 0.05) is 25.0 Å². The highest BCUT2D eigenvalue weighted by atomic mass is 16.4. The number of likely N-dealkylation sites (tertiary alicyclic amines) is 1. The fraction of sp³-hybridized carbons (Fsp3) is 0.500. The van der Waals surface area contributed by atoms with Gasteiger partial charge in [0.25, 0.3) is 0 Å². The molecule has 0 aliphatic carbocycles. The zero-order valence-electron chi connectivity index (χ0n) is 11.0. The van der Waals surface area contributed by atoms with Crippen molar-refractivity contribution in [3.63, 3.8) is 0 Å². The molecule has 0 aromatic carbocycles. The van der Waals surface area contributed by atoms with E-state index in [9.17, 15) is 9.59 Å². The van der Waals surface area contributed by atoms with Crippen molar-refractivity contribution in [2.75, 3.05) is 13.1 Å². The molecule has 5 heteroatoms. The summed E-state index contributed by atoms with van der Waals surface area (Å²) in [6, 6.07) is 3.76. The summed E-state index contributed by atoms with van der Waals surface area (Å²) in [6.07, 6.45) is 3.41. The maximum atomic E-state index is 12.1. The molecule has 1 fully saturated rings. The number of rotatable bonds is 3. The third-order valence-corrected chi connectivity index (χ3v) is 3.45. The van der Waals surface area contributed by atoms with Gasteiger partial charge in [-0.3, -0.25) is 14.6 Å². The van der Waals surface area contributed by atoms with E-state index in [2.05, 4.69) is 4.98 Å². The van der Waals surface area contributed by atoms with Crippen LogP contribution in [0.15, 0.2) is 18.3 Å². The average Bonchev–Trinajstić information content (AvgIpc) is 2.41. The van der Waals surface area contributed by atoms with Crippen molar-refractivity contribution >= 4 is 11.9 Å². The summed E-state index contributed by atoms with van der Waals surface area (Å²) in [7, 11) is 0. The minimum Gasteiger partial charge on any atom is -0.481 e. The van der Waals surface area contributed by atoms with Crippen LogP contribution in [0.2, 0.25) is 0 Å². The highest BCUT2D eigenvalue weighted by molar-refractivity contribution is 5.80. The minimum absolute atomic E-state index is 0.0170. The van der Waals surface area contributed by atoms with Gasteiger partial charge in [-0.1, -0.05) is 6.07 Å². The summed E-state index contributed by atoms with van der Waals surface area (Å²) < 4.78 is 0. The minimum atomic E-state index is -0.811. The first-order valence-corrected chi connectivity index (χ1v) is 6.48. The van der Waals surface area contributed by atoms with Crippen LogP contribution in [-0.4, -0.2) is 40.0 Å². The normalized spacial score (nSPS) is 19.2. The molecule has 0 saturated carbocycles. The summed E-state index contributed by atoms with van der Waals surface area (Å²) >= 11 is 0. The van der Waals surface area contributed by atoms with Crippen molar-refractivity contribution in [1.29, 1.82) is 0 Å². The Bertz CT molecular complexity index is 470. The molecule has 0 radical (unpaired) electrons. The number of amides is 1. The predicted molar refractivity (Wildman–Crippen MR) is 69.6 cm³/mol. The molecular formula is C14H18N2O3. The first-order valence-electron chi connectivity index (χ1n) is 6.48. The Morgan fingerprint density at radius 2 is 2.26 bits per heavy atom. The number of piperidine rings is 1. The van der Waals surface area contributed by atoms with E-state index in [1.54, 1.807) is 11.1 Å². The van der Waals surface area contributed by atoms with Gasteiger partial charge in [-0.2, -0.15) is 0 Å². The Kier molecular flexibility index (Phi) is 4.14. The number of carboxylic acid groups (broad SMARTS) is 1. The topological polar surface area (TPSA) is 70.5 Å². The van der Waals surface area contributed by atoms with E-state index in [0.717, 1.165) is 17.7 Å². The second-order valence-corrected chi connectivity index (χ2v) is 5.00. The number of nitrogens with zero attached hydrogens (tertiary/aromatic N) is 2. The van der Waals surface area contributed by atoms with Crippen LogP contribution in [0.1, 0.15) is 24.1 Å². The molecule has 1 aromatic rings. The molecule has 1 unspecified atom stereocenters. The Morgan fingerprint density at radius 1 is 1.47 bits per heavy atom. The largest absolute Gasteiger partial charge is 0.481 e. The van der Waals surface area contributed by atoms with Crippen molar-refractivity contribution in [2.24, 2.45) is 5.92 Å². The van der Waals surface area contributed by atoms with Gasteiger partial charge < -0.3 is 10.0 Å². The molecule has 0 spiro atoms. The van der Waals surface area contributed by atoms with E-state index < -0.39 is 11.9 Å². The molecule has 1 atom stereocenters. The molecule has 102 valence electrons. The highest BCUT2D eigenvalue weighted by Crippen LogP contribution is 2.17. The molecule has 1 aromatic heterocycles. The van der Waals surface area contributed by atoms with Crippen molar-refractivity contribution < 1.29 is 14.7 Å². The number of aromatic nitrogens is 1. The maximum absolute atomic E-state index is 12.1. The summed E-state index contributed by atoms with van der Waals surface area (Å²) in [4.78, 5) is 28.9. The molecule has 1 aliphatic rings. The van der Waals surface area contributed by atoms with Gasteiger partial charge in [0.2, 0.25) is 5.91 Å². The van der Waals surface area contributed by atoms with E-state index in [4.69, 9.17) is 5.11 Å².